The first-order valence-electron chi connectivity index (χ1n) is 7.58. The van der Waals surface area contributed by atoms with Gasteiger partial charge in [-0.25, -0.2) is 0 Å². The Morgan fingerprint density at radius 3 is 2.39 bits per heavy atom. The van der Waals surface area contributed by atoms with E-state index in [1.807, 2.05) is 25.1 Å². The van der Waals surface area contributed by atoms with Crippen molar-refractivity contribution in [2.45, 2.75) is 33.1 Å². The van der Waals surface area contributed by atoms with Crippen LogP contribution >= 0.6 is 0 Å². The molecule has 0 aliphatic rings. The minimum Gasteiger partial charge on any atom is -0.508 e. The molecule has 2 aromatic carbocycles. The van der Waals surface area contributed by atoms with Gasteiger partial charge in [0.05, 0.1) is 0 Å². The number of aryl methyl sites for hydroxylation is 1. The SMILES string of the molecule is Cc1ccc(C(C)(C)C)c(OCC(=O)Nc2ccc(O)cc2)c1. The third-order valence-electron chi connectivity index (χ3n) is 3.45. The zero-order valence-corrected chi connectivity index (χ0v) is 14.0. The fraction of sp³-hybridized carbons (Fsp3) is 0.316. The molecule has 0 bridgehead atoms. The fourth-order valence-corrected chi connectivity index (χ4v) is 2.25. The Hall–Kier alpha value is -2.49. The van der Waals surface area contributed by atoms with Gasteiger partial charge in [0.25, 0.3) is 5.91 Å². The number of carbonyl (C=O) groups is 1. The number of phenols is 1. The van der Waals surface area contributed by atoms with Crippen LogP contribution in [0, 0.1) is 6.92 Å². The molecule has 0 aliphatic heterocycles. The summed E-state index contributed by atoms with van der Waals surface area (Å²) >= 11 is 0. The average Bonchev–Trinajstić information content (AvgIpc) is 2.46. The average molecular weight is 313 g/mol. The molecule has 2 rings (SSSR count). The Kier molecular flexibility index (Phi) is 4.94. The fourth-order valence-electron chi connectivity index (χ4n) is 2.25. The molecule has 4 heteroatoms. The lowest BCUT2D eigenvalue weighted by Gasteiger charge is -2.23. The minimum absolute atomic E-state index is 0.0591. The van der Waals surface area contributed by atoms with Crippen LogP contribution in [-0.4, -0.2) is 17.6 Å². The Morgan fingerprint density at radius 2 is 1.78 bits per heavy atom. The maximum absolute atomic E-state index is 12.0. The van der Waals surface area contributed by atoms with Crippen molar-refractivity contribution in [2.75, 3.05) is 11.9 Å². The van der Waals surface area contributed by atoms with Gasteiger partial charge < -0.3 is 15.2 Å². The number of benzene rings is 2. The lowest BCUT2D eigenvalue weighted by Crippen LogP contribution is -2.22. The second-order valence-electron chi connectivity index (χ2n) is 6.63. The van der Waals surface area contributed by atoms with E-state index in [9.17, 15) is 9.90 Å². The summed E-state index contributed by atoms with van der Waals surface area (Å²) < 4.78 is 5.74. The molecule has 0 heterocycles. The van der Waals surface area contributed by atoms with Crippen LogP contribution in [-0.2, 0) is 10.2 Å². The van der Waals surface area contributed by atoms with E-state index < -0.39 is 0 Å². The van der Waals surface area contributed by atoms with Crippen molar-refractivity contribution in [3.05, 3.63) is 53.6 Å². The molecule has 0 unspecified atom stereocenters. The molecule has 4 nitrogen and oxygen atoms in total. The molecule has 122 valence electrons. The standard InChI is InChI=1S/C19H23NO3/c1-13-5-10-16(19(2,3)4)17(11-13)23-12-18(22)20-14-6-8-15(21)9-7-14/h5-11,21H,12H2,1-4H3,(H,20,22). The molecule has 2 N–H and O–H groups in total. The van der Waals surface area contributed by atoms with Crippen molar-refractivity contribution in [1.82, 2.24) is 0 Å². The number of rotatable bonds is 4. The second-order valence-corrected chi connectivity index (χ2v) is 6.63. The lowest BCUT2D eigenvalue weighted by atomic mass is 9.86. The summed E-state index contributed by atoms with van der Waals surface area (Å²) in [5, 5.41) is 12.0. The predicted octanol–water partition coefficient (Wildman–Crippen LogP) is 4.02. The molecule has 0 aliphatic carbocycles. The number of hydrogen-bond donors (Lipinski definition) is 2. The van der Waals surface area contributed by atoms with Crippen molar-refractivity contribution in [2.24, 2.45) is 0 Å². The van der Waals surface area contributed by atoms with Gasteiger partial charge in [-0.15, -0.1) is 0 Å². The molecular formula is C19H23NO3. The van der Waals surface area contributed by atoms with E-state index >= 15 is 0 Å². The van der Waals surface area contributed by atoms with E-state index in [1.54, 1.807) is 12.1 Å². The summed E-state index contributed by atoms with van der Waals surface area (Å²) in [4.78, 5) is 12.0. The van der Waals surface area contributed by atoms with Gasteiger partial charge in [-0.05, 0) is 53.8 Å². The largest absolute Gasteiger partial charge is 0.508 e. The zero-order valence-electron chi connectivity index (χ0n) is 14.0. The quantitative estimate of drug-likeness (QED) is 0.838. The van der Waals surface area contributed by atoms with Gasteiger partial charge in [0, 0.05) is 5.69 Å². The van der Waals surface area contributed by atoms with E-state index in [2.05, 4.69) is 26.1 Å². The van der Waals surface area contributed by atoms with Crippen LogP contribution in [0.1, 0.15) is 31.9 Å². The first-order chi connectivity index (χ1) is 10.8. The monoisotopic (exact) mass is 313 g/mol. The number of phenolic OH excluding ortho intramolecular Hbond substituents is 1. The minimum atomic E-state index is -0.239. The van der Waals surface area contributed by atoms with Crippen LogP contribution in [0.15, 0.2) is 42.5 Å². The number of amides is 1. The molecule has 0 atom stereocenters. The maximum atomic E-state index is 12.0. The molecule has 1 amide bonds. The highest BCUT2D eigenvalue weighted by Gasteiger charge is 2.19. The van der Waals surface area contributed by atoms with E-state index in [4.69, 9.17) is 4.74 Å². The highest BCUT2D eigenvalue weighted by atomic mass is 16.5. The Labute approximate surface area is 137 Å². The molecule has 0 radical (unpaired) electrons. The van der Waals surface area contributed by atoms with Crippen molar-refractivity contribution in [3.63, 3.8) is 0 Å². The number of hydrogen-bond acceptors (Lipinski definition) is 3. The van der Waals surface area contributed by atoms with Gasteiger partial charge in [0.1, 0.15) is 11.5 Å². The Bertz CT molecular complexity index is 685. The Morgan fingerprint density at radius 1 is 1.13 bits per heavy atom. The van der Waals surface area contributed by atoms with Crippen LogP contribution in [0.5, 0.6) is 11.5 Å². The summed E-state index contributed by atoms with van der Waals surface area (Å²) in [6.45, 7) is 8.27. The first-order valence-corrected chi connectivity index (χ1v) is 7.58. The van der Waals surface area contributed by atoms with Gasteiger partial charge in [-0.3, -0.25) is 4.79 Å². The molecule has 0 saturated heterocycles. The van der Waals surface area contributed by atoms with Gasteiger partial charge in [0.2, 0.25) is 0 Å². The number of anilines is 1. The summed E-state index contributed by atoms with van der Waals surface area (Å²) in [6.07, 6.45) is 0. The lowest BCUT2D eigenvalue weighted by molar-refractivity contribution is -0.118. The zero-order chi connectivity index (χ0) is 17.0. The molecule has 2 aromatic rings. The highest BCUT2D eigenvalue weighted by molar-refractivity contribution is 5.91. The van der Waals surface area contributed by atoms with Gasteiger partial charge in [-0.2, -0.15) is 0 Å². The molecule has 0 aromatic heterocycles. The van der Waals surface area contributed by atoms with E-state index in [-0.39, 0.29) is 23.7 Å². The van der Waals surface area contributed by atoms with Gasteiger partial charge >= 0.3 is 0 Å². The van der Waals surface area contributed by atoms with Gasteiger partial charge in [-0.1, -0.05) is 32.9 Å². The highest BCUT2D eigenvalue weighted by Crippen LogP contribution is 2.32. The molecular weight excluding hydrogens is 290 g/mol. The number of carbonyl (C=O) groups excluding carboxylic acids is 1. The van der Waals surface area contributed by atoms with E-state index in [0.717, 1.165) is 16.9 Å². The first kappa shape index (κ1) is 16.9. The van der Waals surface area contributed by atoms with Crippen molar-refractivity contribution in [3.8, 4) is 11.5 Å². The van der Waals surface area contributed by atoms with E-state index in [1.165, 1.54) is 12.1 Å². The molecule has 0 fully saturated rings. The Balaban J connectivity index is 2.04. The number of ether oxygens (including phenoxy) is 1. The summed E-state index contributed by atoms with van der Waals surface area (Å²) in [6, 6.07) is 12.4. The number of nitrogens with one attached hydrogen (secondary N) is 1. The second kappa shape index (κ2) is 6.73. The third kappa shape index (κ3) is 4.74. The summed E-state index contributed by atoms with van der Waals surface area (Å²) in [5.74, 6) is 0.657. The van der Waals surface area contributed by atoms with Crippen molar-refractivity contribution >= 4 is 11.6 Å². The molecule has 0 saturated carbocycles. The number of aromatic hydroxyl groups is 1. The molecule has 23 heavy (non-hydrogen) atoms. The molecule has 0 spiro atoms. The van der Waals surface area contributed by atoms with Gasteiger partial charge in [0.15, 0.2) is 6.61 Å². The van der Waals surface area contributed by atoms with Crippen LogP contribution < -0.4 is 10.1 Å². The van der Waals surface area contributed by atoms with Crippen molar-refractivity contribution in [1.29, 1.82) is 0 Å². The normalized spacial score (nSPS) is 11.1. The topological polar surface area (TPSA) is 58.6 Å². The van der Waals surface area contributed by atoms with Crippen LogP contribution in [0.3, 0.4) is 0 Å². The summed E-state index contributed by atoms with van der Waals surface area (Å²) in [7, 11) is 0. The maximum Gasteiger partial charge on any atom is 0.262 e. The third-order valence-corrected chi connectivity index (χ3v) is 3.45. The van der Waals surface area contributed by atoms with Crippen LogP contribution in [0.25, 0.3) is 0 Å². The van der Waals surface area contributed by atoms with E-state index in [0.29, 0.717) is 5.69 Å². The summed E-state index contributed by atoms with van der Waals surface area (Å²) in [5.41, 5.74) is 2.72. The van der Waals surface area contributed by atoms with Crippen LogP contribution in [0.2, 0.25) is 0 Å². The smallest absolute Gasteiger partial charge is 0.262 e. The van der Waals surface area contributed by atoms with Crippen molar-refractivity contribution < 1.29 is 14.6 Å². The predicted molar refractivity (Wildman–Crippen MR) is 92.1 cm³/mol. The van der Waals surface area contributed by atoms with Crippen LogP contribution in [0.4, 0.5) is 5.69 Å².